The first kappa shape index (κ1) is 6.22. The van der Waals surface area contributed by atoms with Crippen molar-refractivity contribution < 1.29 is 14.6 Å². The van der Waals surface area contributed by atoms with Gasteiger partial charge in [-0.1, -0.05) is 0 Å². The summed E-state index contributed by atoms with van der Waals surface area (Å²) in [5.74, 6) is -0.00539. The first-order chi connectivity index (χ1) is 5.77. The van der Waals surface area contributed by atoms with Crippen LogP contribution in [-0.4, -0.2) is 18.2 Å². The van der Waals surface area contributed by atoms with Crippen LogP contribution in [0.3, 0.4) is 0 Å². The van der Waals surface area contributed by atoms with E-state index in [0.29, 0.717) is 11.3 Å². The number of methoxy groups -OCH3 is 1. The zero-order valence-corrected chi connectivity index (χ0v) is 6.03. The predicted octanol–water partition coefficient (Wildman–Crippen LogP) is 1.39. The van der Waals surface area contributed by atoms with Crippen molar-refractivity contribution in [3.8, 4) is 5.75 Å². The largest absolute Gasteiger partial charge is 0.497 e. The third-order valence-corrected chi connectivity index (χ3v) is 1.33. The predicted molar refractivity (Wildman–Crippen MR) is 40.0 cm³/mol. The molecule has 1 N–H and O–H groups in total. The van der Waals surface area contributed by atoms with Crippen LogP contribution in [0.4, 0.5) is 0 Å². The van der Waals surface area contributed by atoms with Crippen molar-refractivity contribution in [2.75, 3.05) is 7.11 Å². The molecule has 0 atom stereocenters. The van der Waals surface area contributed by atoms with Gasteiger partial charge in [-0.2, -0.15) is 0 Å². The molecule has 58 valence electrons. The molecule has 0 heterocycles. The summed E-state index contributed by atoms with van der Waals surface area (Å²) in [5, 5.41) is 3.78. The van der Waals surface area contributed by atoms with E-state index in [4.69, 9.17) is 6.17 Å². The van der Waals surface area contributed by atoms with Crippen molar-refractivity contribution in [2.24, 2.45) is 0 Å². The Morgan fingerprint density at radius 1 is 1.55 bits per heavy atom. The molecule has 0 saturated heterocycles. The fraction of sp³-hybridized carbons (Fsp3) is 0.125. The van der Waals surface area contributed by atoms with Gasteiger partial charge in [-0.05, 0) is 24.3 Å². The van der Waals surface area contributed by atoms with E-state index in [2.05, 4.69) is 5.11 Å². The Bertz CT molecular complexity index is 268. The third-order valence-electron chi connectivity index (χ3n) is 1.33. The van der Waals surface area contributed by atoms with E-state index in [-0.39, 0.29) is 0 Å². The molecule has 3 heteroatoms. The lowest BCUT2D eigenvalue weighted by molar-refractivity contribution is 0.0697. The highest BCUT2D eigenvalue weighted by Gasteiger charge is 2.00. The molecule has 0 amide bonds. The number of carboxylic acid groups (broad SMARTS) is 1. The number of ether oxygens (including phenoxy) is 1. The van der Waals surface area contributed by atoms with Gasteiger partial charge in [0.2, 0.25) is 0 Å². The first-order valence-corrected chi connectivity index (χ1v) is 3.09. The number of rotatable bonds is 2. The van der Waals surface area contributed by atoms with E-state index in [1.165, 1.54) is 19.2 Å². The number of carboxylic acids is 1. The molecule has 0 radical (unpaired) electrons. The Morgan fingerprint density at radius 2 is 2.18 bits per heavy atom. The second-order valence-electron chi connectivity index (χ2n) is 2.02. The van der Waals surface area contributed by atoms with Gasteiger partial charge in [0.25, 0.3) is 1.43 Å². The lowest BCUT2D eigenvalue weighted by Crippen LogP contribution is -1.95. The van der Waals surface area contributed by atoms with Gasteiger partial charge < -0.3 is 9.85 Å². The van der Waals surface area contributed by atoms with Crippen molar-refractivity contribution in [2.45, 2.75) is 0 Å². The van der Waals surface area contributed by atoms with E-state index in [1.807, 2.05) is 0 Å². The summed E-state index contributed by atoms with van der Waals surface area (Å²) in [7, 11) is 1.54. The van der Waals surface area contributed by atoms with E-state index >= 15 is 0 Å². The molecule has 0 aliphatic rings. The van der Waals surface area contributed by atoms with Gasteiger partial charge in [0, 0.05) is 0 Å². The molecule has 0 aliphatic heterocycles. The van der Waals surface area contributed by atoms with E-state index in [1.54, 1.807) is 12.1 Å². The highest BCUT2D eigenvalue weighted by Crippen LogP contribution is 2.10. The van der Waals surface area contributed by atoms with Gasteiger partial charge in [-0.15, -0.1) is 0 Å². The minimum Gasteiger partial charge on any atom is -0.497 e. The van der Waals surface area contributed by atoms with Crippen LogP contribution in [0.15, 0.2) is 24.3 Å². The molecular weight excluding hydrogens is 144 g/mol. The average molecular weight is 153 g/mol. The number of carbonyl (C=O) groups is 1. The monoisotopic (exact) mass is 153 g/mol. The van der Waals surface area contributed by atoms with Crippen molar-refractivity contribution >= 4 is 5.97 Å². The van der Waals surface area contributed by atoms with Crippen LogP contribution in [0.1, 0.15) is 10.4 Å². The van der Waals surface area contributed by atoms with E-state index in [9.17, 15) is 4.79 Å². The summed E-state index contributed by atoms with van der Waals surface area (Å²) in [6.45, 7) is 0. The van der Waals surface area contributed by atoms with Crippen molar-refractivity contribution in [3.63, 3.8) is 0 Å². The molecule has 11 heavy (non-hydrogen) atoms. The van der Waals surface area contributed by atoms with Gasteiger partial charge >= 0.3 is 5.97 Å². The molecule has 0 saturated carbocycles. The molecule has 0 fully saturated rings. The van der Waals surface area contributed by atoms with Crippen molar-refractivity contribution in [1.82, 2.24) is 0 Å². The van der Waals surface area contributed by atoms with Crippen LogP contribution in [0, 0.1) is 0 Å². The van der Waals surface area contributed by atoms with Crippen molar-refractivity contribution in [1.29, 1.82) is 1.43 Å². The van der Waals surface area contributed by atoms with Crippen LogP contribution < -0.4 is 4.74 Å². The van der Waals surface area contributed by atoms with E-state index in [0.717, 1.165) is 0 Å². The van der Waals surface area contributed by atoms with Gasteiger partial charge in [-0.25, -0.2) is 4.79 Å². The van der Waals surface area contributed by atoms with Crippen LogP contribution >= 0.6 is 0 Å². The summed E-state index contributed by atoms with van der Waals surface area (Å²) in [4.78, 5) is 10.8. The Hall–Kier alpha value is -1.51. The quantitative estimate of drug-likeness (QED) is 0.698. The lowest BCUT2D eigenvalue weighted by atomic mass is 10.2. The fourth-order valence-electron chi connectivity index (χ4n) is 0.727. The maximum absolute atomic E-state index is 10.8. The second kappa shape index (κ2) is 3.05. The molecular formula is C8H8O3. The molecule has 1 aromatic carbocycles. The minimum atomic E-state index is -0.669. The van der Waals surface area contributed by atoms with Gasteiger partial charge in [0.1, 0.15) is 5.75 Å². The Balaban J connectivity index is 2.84. The third kappa shape index (κ3) is 1.70. The molecule has 0 aromatic heterocycles. The number of hydrogen-bond acceptors (Lipinski definition) is 3. The number of hydrogen-bond donors (Lipinski definition) is 1. The highest BCUT2D eigenvalue weighted by molar-refractivity contribution is 5.87. The SMILES string of the molecule is [2H]OC(=O)c1ccc(OC)cc1. The van der Waals surface area contributed by atoms with Crippen LogP contribution in [0.2, 0.25) is 0 Å². The molecule has 3 nitrogen and oxygen atoms in total. The van der Waals surface area contributed by atoms with Crippen LogP contribution in [0.25, 0.3) is 1.43 Å². The topological polar surface area (TPSA) is 46.5 Å². The molecule has 0 spiro atoms. The molecule has 0 bridgehead atoms. The Labute approximate surface area is 65.7 Å². The maximum atomic E-state index is 10.8. The first-order valence-electron chi connectivity index (χ1n) is 3.50. The molecule has 1 rings (SSSR count). The minimum absolute atomic E-state index is 0.339. The summed E-state index contributed by atoms with van der Waals surface area (Å²) in [6, 6.07) is 6.34. The second-order valence-corrected chi connectivity index (χ2v) is 2.02. The smallest absolute Gasteiger partial charge is 0.335 e. The Kier molecular flexibility index (Phi) is 1.73. The summed E-state index contributed by atoms with van der Waals surface area (Å²) in [5.41, 5.74) is 0.339. The van der Waals surface area contributed by atoms with E-state index < -0.39 is 5.97 Å². The number of benzene rings is 1. The maximum Gasteiger partial charge on any atom is 0.335 e. The molecule has 0 aliphatic carbocycles. The van der Waals surface area contributed by atoms with Gasteiger partial charge in [-0.3, -0.25) is 0 Å². The lowest BCUT2D eigenvalue weighted by Gasteiger charge is -1.98. The van der Waals surface area contributed by atoms with Gasteiger partial charge in [0.15, 0.2) is 0 Å². The van der Waals surface area contributed by atoms with Crippen LogP contribution in [0.5, 0.6) is 5.75 Å². The summed E-state index contributed by atoms with van der Waals surface area (Å²) in [6.07, 6.45) is 0. The fourth-order valence-corrected chi connectivity index (χ4v) is 0.727. The zero-order valence-electron chi connectivity index (χ0n) is 7.03. The standard InChI is InChI=1S/C8H8O3/c1-11-7-4-2-6(3-5-7)8(9)10/h2-5H,1H3,(H,9,10)/i/hD. The average Bonchev–Trinajstić information content (AvgIpc) is 2.17. The summed E-state index contributed by atoms with van der Waals surface area (Å²) >= 11 is 0. The van der Waals surface area contributed by atoms with Crippen LogP contribution in [-0.2, 0) is 0 Å². The normalized spacial score (nSPS) is 10.1. The Morgan fingerprint density at radius 3 is 2.64 bits per heavy atom. The summed E-state index contributed by atoms with van der Waals surface area (Å²) < 4.78 is 11.2. The molecule has 1 aromatic rings. The zero-order chi connectivity index (χ0) is 8.97. The highest BCUT2D eigenvalue weighted by atomic mass is 16.5. The number of aromatic carboxylic acids is 1. The van der Waals surface area contributed by atoms with Crippen molar-refractivity contribution in [3.05, 3.63) is 29.8 Å². The van der Waals surface area contributed by atoms with Gasteiger partial charge in [0.05, 0.1) is 12.7 Å². The molecule has 0 unspecified atom stereocenters.